The molecule has 0 fully saturated rings. The number of aliphatic imine (C=N–C) groups is 2. The third-order valence-electron chi connectivity index (χ3n) is 2.98. The molecule has 0 unspecified atom stereocenters. The Morgan fingerprint density at radius 2 is 1.71 bits per heavy atom. The van der Waals surface area contributed by atoms with Gasteiger partial charge >= 0.3 is 0 Å². The number of benzene rings is 2. The Bertz CT molecular complexity index is 797. The van der Waals surface area contributed by atoms with Gasteiger partial charge in [-0.1, -0.05) is 24.3 Å². The number of anilines is 1. The highest BCUT2D eigenvalue weighted by atomic mass is 16.5. The van der Waals surface area contributed by atoms with Crippen LogP contribution in [0.2, 0.25) is 0 Å². The maximum atomic E-state index is 12.5. The van der Waals surface area contributed by atoms with Gasteiger partial charge in [-0.3, -0.25) is 4.79 Å². The van der Waals surface area contributed by atoms with Gasteiger partial charge in [-0.2, -0.15) is 4.99 Å². The van der Waals surface area contributed by atoms with Gasteiger partial charge < -0.3 is 27.3 Å². The number of carbonyl (C=O) groups is 1. The molecule has 0 saturated heterocycles. The van der Waals surface area contributed by atoms with Gasteiger partial charge in [0.2, 0.25) is 5.96 Å². The monoisotopic (exact) mass is 326 g/mol. The fourth-order valence-electron chi connectivity index (χ4n) is 1.98. The first-order valence-electron chi connectivity index (χ1n) is 6.98. The van der Waals surface area contributed by atoms with Gasteiger partial charge in [0, 0.05) is 0 Å². The van der Waals surface area contributed by atoms with Crippen molar-refractivity contribution < 1.29 is 9.53 Å². The molecule has 8 nitrogen and oxygen atoms in total. The van der Waals surface area contributed by atoms with Crippen LogP contribution < -0.4 is 27.3 Å². The minimum Gasteiger partial charge on any atom is -0.495 e. The van der Waals surface area contributed by atoms with E-state index in [4.69, 9.17) is 21.9 Å². The zero-order chi connectivity index (χ0) is 17.5. The SMILES string of the molecule is COc1ccccc1NC(=O)c1ccccc1N=C(N)N=C(N)N. The summed E-state index contributed by atoms with van der Waals surface area (Å²) in [4.78, 5) is 20.2. The molecule has 7 N–H and O–H groups in total. The van der Waals surface area contributed by atoms with E-state index in [9.17, 15) is 4.79 Å². The summed E-state index contributed by atoms with van der Waals surface area (Å²) in [5, 5.41) is 2.77. The minimum atomic E-state index is -0.364. The molecule has 0 heterocycles. The van der Waals surface area contributed by atoms with Crippen molar-refractivity contribution in [3.63, 3.8) is 0 Å². The number of para-hydroxylation sites is 3. The van der Waals surface area contributed by atoms with Crippen LogP contribution in [0.15, 0.2) is 58.5 Å². The van der Waals surface area contributed by atoms with E-state index in [1.54, 1.807) is 42.5 Å². The third-order valence-corrected chi connectivity index (χ3v) is 2.98. The molecular weight excluding hydrogens is 308 g/mol. The van der Waals surface area contributed by atoms with E-state index in [-0.39, 0.29) is 17.8 Å². The number of methoxy groups -OCH3 is 1. The first-order valence-corrected chi connectivity index (χ1v) is 6.98. The maximum Gasteiger partial charge on any atom is 0.257 e. The van der Waals surface area contributed by atoms with Crippen molar-refractivity contribution in [3.8, 4) is 5.75 Å². The second-order valence-electron chi connectivity index (χ2n) is 4.68. The molecule has 24 heavy (non-hydrogen) atoms. The Hall–Kier alpha value is -3.55. The predicted molar refractivity (Wildman–Crippen MR) is 94.5 cm³/mol. The number of rotatable bonds is 4. The lowest BCUT2D eigenvalue weighted by atomic mass is 10.1. The van der Waals surface area contributed by atoms with Gasteiger partial charge in [0.15, 0.2) is 5.96 Å². The number of ether oxygens (including phenoxy) is 1. The second kappa shape index (κ2) is 7.63. The number of hydrogen-bond donors (Lipinski definition) is 4. The number of guanidine groups is 2. The van der Waals surface area contributed by atoms with E-state index in [0.717, 1.165) is 0 Å². The minimum absolute atomic E-state index is 0.146. The Labute approximate surface area is 139 Å². The van der Waals surface area contributed by atoms with Crippen LogP contribution in [0.25, 0.3) is 0 Å². The first kappa shape index (κ1) is 16.8. The van der Waals surface area contributed by atoms with Gasteiger partial charge in [0.05, 0.1) is 24.0 Å². The largest absolute Gasteiger partial charge is 0.495 e. The summed E-state index contributed by atoms with van der Waals surface area (Å²) >= 11 is 0. The number of nitrogens with two attached hydrogens (primary N) is 3. The smallest absolute Gasteiger partial charge is 0.257 e. The van der Waals surface area contributed by atoms with Crippen molar-refractivity contribution in [2.75, 3.05) is 12.4 Å². The Kier molecular flexibility index (Phi) is 5.35. The number of amides is 1. The summed E-state index contributed by atoms with van der Waals surface area (Å²) in [5.74, 6) is -0.178. The molecular formula is C16H18N6O2. The highest BCUT2D eigenvalue weighted by Crippen LogP contribution is 2.25. The van der Waals surface area contributed by atoms with Gasteiger partial charge in [0.1, 0.15) is 5.75 Å². The molecule has 1 amide bonds. The summed E-state index contributed by atoms with van der Waals surface area (Å²) in [7, 11) is 1.53. The number of nitrogens with zero attached hydrogens (tertiary/aromatic N) is 2. The summed E-state index contributed by atoms with van der Waals surface area (Å²) in [6.45, 7) is 0. The fraction of sp³-hybridized carbons (Fsp3) is 0.0625. The van der Waals surface area contributed by atoms with Crippen molar-refractivity contribution in [2.24, 2.45) is 27.2 Å². The average molecular weight is 326 g/mol. The van der Waals surface area contributed by atoms with Crippen LogP contribution in [-0.2, 0) is 0 Å². The van der Waals surface area contributed by atoms with E-state index in [1.807, 2.05) is 6.07 Å². The number of nitrogens with one attached hydrogen (secondary N) is 1. The lowest BCUT2D eigenvalue weighted by Crippen LogP contribution is -2.26. The lowest BCUT2D eigenvalue weighted by Gasteiger charge is -2.11. The molecule has 2 aromatic carbocycles. The zero-order valence-corrected chi connectivity index (χ0v) is 13.1. The van der Waals surface area contributed by atoms with Crippen LogP contribution >= 0.6 is 0 Å². The maximum absolute atomic E-state index is 12.5. The molecule has 0 aromatic heterocycles. The number of carbonyl (C=O) groups excluding carboxylic acids is 1. The highest BCUT2D eigenvalue weighted by molar-refractivity contribution is 6.09. The van der Waals surface area contributed by atoms with Gasteiger partial charge in [-0.05, 0) is 24.3 Å². The van der Waals surface area contributed by atoms with Crippen molar-refractivity contribution in [1.29, 1.82) is 0 Å². The van der Waals surface area contributed by atoms with E-state index in [2.05, 4.69) is 15.3 Å². The van der Waals surface area contributed by atoms with Crippen LogP contribution in [0.5, 0.6) is 5.75 Å². The molecule has 124 valence electrons. The average Bonchev–Trinajstić information content (AvgIpc) is 2.55. The molecule has 2 rings (SSSR count). The second-order valence-corrected chi connectivity index (χ2v) is 4.68. The van der Waals surface area contributed by atoms with Crippen molar-refractivity contribution in [3.05, 3.63) is 54.1 Å². The van der Waals surface area contributed by atoms with Crippen LogP contribution in [0.1, 0.15) is 10.4 Å². The molecule has 0 aliphatic rings. The van der Waals surface area contributed by atoms with Crippen molar-refractivity contribution in [1.82, 2.24) is 0 Å². The van der Waals surface area contributed by atoms with E-state index in [0.29, 0.717) is 22.7 Å². The molecule has 8 heteroatoms. The molecule has 0 aliphatic heterocycles. The molecule has 0 radical (unpaired) electrons. The predicted octanol–water partition coefficient (Wildman–Crippen LogP) is 1.17. The summed E-state index contributed by atoms with van der Waals surface area (Å²) in [6.07, 6.45) is 0. The Morgan fingerprint density at radius 1 is 1.04 bits per heavy atom. The summed E-state index contributed by atoms with van der Waals surface area (Å²) in [5.41, 5.74) is 17.3. The highest BCUT2D eigenvalue weighted by Gasteiger charge is 2.13. The van der Waals surface area contributed by atoms with E-state index in [1.165, 1.54) is 7.11 Å². The van der Waals surface area contributed by atoms with Crippen LogP contribution in [0.3, 0.4) is 0 Å². The van der Waals surface area contributed by atoms with Gasteiger partial charge in [-0.15, -0.1) is 0 Å². The lowest BCUT2D eigenvalue weighted by molar-refractivity contribution is 0.102. The third kappa shape index (κ3) is 4.23. The van der Waals surface area contributed by atoms with Crippen molar-refractivity contribution in [2.45, 2.75) is 0 Å². The van der Waals surface area contributed by atoms with Gasteiger partial charge in [-0.25, -0.2) is 4.99 Å². The standard InChI is InChI=1S/C16H18N6O2/c1-24-13-9-5-4-8-12(13)20-14(23)10-6-2-3-7-11(10)21-16(19)22-15(17)18/h2-9H,1H3,(H,20,23)(H6,17,18,19,21,22). The number of hydrogen-bond acceptors (Lipinski definition) is 3. The van der Waals surface area contributed by atoms with E-state index >= 15 is 0 Å². The molecule has 0 spiro atoms. The summed E-state index contributed by atoms with van der Waals surface area (Å²) in [6, 6.07) is 13.8. The molecule has 2 aromatic rings. The molecule has 0 aliphatic carbocycles. The first-order chi connectivity index (χ1) is 11.5. The van der Waals surface area contributed by atoms with E-state index < -0.39 is 0 Å². The van der Waals surface area contributed by atoms with Crippen molar-refractivity contribution >= 4 is 29.2 Å². The molecule has 0 bridgehead atoms. The summed E-state index contributed by atoms with van der Waals surface area (Å²) < 4.78 is 5.21. The molecule has 0 atom stereocenters. The molecule has 0 saturated carbocycles. The fourth-order valence-corrected chi connectivity index (χ4v) is 1.98. The topological polar surface area (TPSA) is 141 Å². The van der Waals surface area contributed by atoms with Crippen LogP contribution in [-0.4, -0.2) is 24.9 Å². The zero-order valence-electron chi connectivity index (χ0n) is 13.1. The quantitative estimate of drug-likeness (QED) is 0.493. The van der Waals surface area contributed by atoms with Crippen LogP contribution in [0.4, 0.5) is 11.4 Å². The Balaban J connectivity index is 2.32. The normalized spacial score (nSPS) is 10.8. The van der Waals surface area contributed by atoms with Crippen LogP contribution in [0, 0.1) is 0 Å². The van der Waals surface area contributed by atoms with Gasteiger partial charge in [0.25, 0.3) is 5.91 Å². The Morgan fingerprint density at radius 3 is 2.42 bits per heavy atom.